The highest BCUT2D eigenvalue weighted by atomic mass is 15.0. The second kappa shape index (κ2) is 8.52. The van der Waals surface area contributed by atoms with Gasteiger partial charge in [0.05, 0.1) is 22.7 Å². The third-order valence-electron chi connectivity index (χ3n) is 7.20. The summed E-state index contributed by atoms with van der Waals surface area (Å²) in [6, 6.07) is 49.2. The second-order valence-electron chi connectivity index (χ2n) is 9.39. The summed E-state index contributed by atoms with van der Waals surface area (Å²) in [5.41, 5.74) is 9.00. The van der Waals surface area contributed by atoms with Crippen molar-refractivity contribution in [2.75, 3.05) is 0 Å². The summed E-state index contributed by atoms with van der Waals surface area (Å²) in [6.45, 7) is 0. The van der Waals surface area contributed by atoms with E-state index in [0.29, 0.717) is 5.56 Å². The maximum absolute atomic E-state index is 9.18. The molecule has 0 atom stereocenters. The van der Waals surface area contributed by atoms with E-state index in [1.807, 2.05) is 18.2 Å². The lowest BCUT2D eigenvalue weighted by Gasteiger charge is -2.11. The molecule has 6 aromatic carbocycles. The summed E-state index contributed by atoms with van der Waals surface area (Å²) < 4.78 is 2.34. The van der Waals surface area contributed by atoms with E-state index in [1.54, 1.807) is 0 Å². The zero-order valence-corrected chi connectivity index (χ0v) is 20.1. The Morgan fingerprint density at radius 2 is 1.03 bits per heavy atom. The Morgan fingerprint density at radius 3 is 1.73 bits per heavy atom. The van der Waals surface area contributed by atoms with Crippen molar-refractivity contribution in [3.05, 3.63) is 139 Å². The highest BCUT2D eigenvalue weighted by Gasteiger charge is 2.11. The Kier molecular flexibility index (Phi) is 4.87. The van der Waals surface area contributed by atoms with Crippen molar-refractivity contribution in [1.82, 2.24) is 4.57 Å². The molecule has 7 rings (SSSR count). The lowest BCUT2D eigenvalue weighted by Crippen LogP contribution is -1.93. The van der Waals surface area contributed by atoms with Crippen LogP contribution >= 0.6 is 0 Å². The van der Waals surface area contributed by atoms with E-state index in [4.69, 9.17) is 0 Å². The molecule has 0 bridgehead atoms. The molecule has 0 saturated carbocycles. The van der Waals surface area contributed by atoms with Gasteiger partial charge in [-0.3, -0.25) is 0 Å². The predicted molar refractivity (Wildman–Crippen MR) is 154 cm³/mol. The van der Waals surface area contributed by atoms with Crippen molar-refractivity contribution in [2.45, 2.75) is 0 Å². The van der Waals surface area contributed by atoms with E-state index in [9.17, 15) is 5.26 Å². The van der Waals surface area contributed by atoms with Crippen LogP contribution in [0.1, 0.15) is 5.56 Å². The Labute approximate surface area is 215 Å². The largest absolute Gasteiger partial charge is 0.309 e. The lowest BCUT2D eigenvalue weighted by atomic mass is 9.97. The number of rotatable bonds is 3. The number of nitrogens with zero attached hydrogens (tertiary/aromatic N) is 2. The van der Waals surface area contributed by atoms with Crippen LogP contribution < -0.4 is 0 Å². The third kappa shape index (κ3) is 3.57. The second-order valence-corrected chi connectivity index (χ2v) is 9.39. The van der Waals surface area contributed by atoms with Crippen LogP contribution in [0, 0.1) is 11.3 Å². The molecule has 0 aliphatic heterocycles. The van der Waals surface area contributed by atoms with Gasteiger partial charge in [0.2, 0.25) is 0 Å². The van der Waals surface area contributed by atoms with Crippen LogP contribution in [0.3, 0.4) is 0 Å². The van der Waals surface area contributed by atoms with E-state index < -0.39 is 0 Å². The molecule has 1 heterocycles. The van der Waals surface area contributed by atoms with Gasteiger partial charge in [0.15, 0.2) is 0 Å². The van der Waals surface area contributed by atoms with Crippen LogP contribution in [-0.4, -0.2) is 4.57 Å². The van der Waals surface area contributed by atoms with Crippen LogP contribution in [0.5, 0.6) is 0 Å². The van der Waals surface area contributed by atoms with Crippen molar-refractivity contribution in [1.29, 1.82) is 5.26 Å². The number of fused-ring (bicyclic) bond motifs is 4. The molecule has 7 aromatic rings. The first-order valence-electron chi connectivity index (χ1n) is 12.4. The molecule has 0 aliphatic rings. The fourth-order valence-corrected chi connectivity index (χ4v) is 5.38. The van der Waals surface area contributed by atoms with E-state index in [-0.39, 0.29) is 0 Å². The van der Waals surface area contributed by atoms with Gasteiger partial charge in [-0.05, 0) is 81.6 Å². The standard InChI is InChI=1S/C35H22N2/c36-23-24-12-13-29-22-30(15-14-28(29)20-24)27-7-5-6-26(21-27)25-16-18-31(19-17-25)37-34-10-3-1-8-32(34)33-9-2-4-11-35(33)37/h1-22H. The smallest absolute Gasteiger partial charge is 0.0991 e. The van der Waals surface area contributed by atoms with E-state index in [1.165, 1.54) is 44.1 Å². The van der Waals surface area contributed by atoms with Crippen LogP contribution in [0.2, 0.25) is 0 Å². The number of hydrogen-bond donors (Lipinski definition) is 0. The van der Waals surface area contributed by atoms with E-state index >= 15 is 0 Å². The summed E-state index contributed by atoms with van der Waals surface area (Å²) >= 11 is 0. The minimum absolute atomic E-state index is 0.687. The van der Waals surface area contributed by atoms with Crippen LogP contribution in [0.15, 0.2) is 133 Å². The Hall–Kier alpha value is -5.13. The zero-order chi connectivity index (χ0) is 24.8. The first-order chi connectivity index (χ1) is 18.3. The number of aromatic nitrogens is 1. The zero-order valence-electron chi connectivity index (χ0n) is 20.1. The molecule has 0 N–H and O–H groups in total. The highest BCUT2D eigenvalue weighted by molar-refractivity contribution is 6.09. The summed E-state index contributed by atoms with van der Waals surface area (Å²) in [5, 5.41) is 13.9. The van der Waals surface area contributed by atoms with Gasteiger partial charge in [-0.25, -0.2) is 0 Å². The minimum Gasteiger partial charge on any atom is -0.309 e. The monoisotopic (exact) mass is 470 g/mol. The molecular weight excluding hydrogens is 448 g/mol. The molecule has 2 nitrogen and oxygen atoms in total. The number of benzene rings is 6. The predicted octanol–water partition coefficient (Wildman–Crippen LogP) is 9.14. The normalized spacial score (nSPS) is 11.2. The fraction of sp³-hybridized carbons (Fsp3) is 0. The quantitative estimate of drug-likeness (QED) is 0.253. The summed E-state index contributed by atoms with van der Waals surface area (Å²) in [4.78, 5) is 0. The maximum Gasteiger partial charge on any atom is 0.0991 e. The topological polar surface area (TPSA) is 28.7 Å². The van der Waals surface area contributed by atoms with Crippen molar-refractivity contribution < 1.29 is 0 Å². The third-order valence-corrected chi connectivity index (χ3v) is 7.20. The van der Waals surface area contributed by atoms with Crippen molar-refractivity contribution in [3.8, 4) is 34.0 Å². The Morgan fingerprint density at radius 1 is 0.459 bits per heavy atom. The molecule has 0 amide bonds. The van der Waals surface area contributed by atoms with Gasteiger partial charge in [-0.15, -0.1) is 0 Å². The summed E-state index contributed by atoms with van der Waals surface area (Å²) in [7, 11) is 0. The van der Waals surface area contributed by atoms with Crippen LogP contribution in [0.25, 0.3) is 60.5 Å². The van der Waals surface area contributed by atoms with Gasteiger partial charge in [0.25, 0.3) is 0 Å². The highest BCUT2D eigenvalue weighted by Crippen LogP contribution is 2.33. The number of para-hydroxylation sites is 2. The average Bonchev–Trinajstić information content (AvgIpc) is 3.31. The van der Waals surface area contributed by atoms with Crippen LogP contribution in [-0.2, 0) is 0 Å². The minimum atomic E-state index is 0.687. The van der Waals surface area contributed by atoms with Gasteiger partial charge in [-0.2, -0.15) is 5.26 Å². The van der Waals surface area contributed by atoms with Gasteiger partial charge in [0.1, 0.15) is 0 Å². The average molecular weight is 471 g/mol. The summed E-state index contributed by atoms with van der Waals surface area (Å²) in [6.07, 6.45) is 0. The first kappa shape index (κ1) is 21.2. The summed E-state index contributed by atoms with van der Waals surface area (Å²) in [5.74, 6) is 0. The molecule has 37 heavy (non-hydrogen) atoms. The number of nitriles is 1. The van der Waals surface area contributed by atoms with Gasteiger partial charge in [-0.1, -0.05) is 84.9 Å². The molecule has 0 spiro atoms. The Balaban J connectivity index is 1.27. The van der Waals surface area contributed by atoms with Crippen LogP contribution in [0.4, 0.5) is 0 Å². The van der Waals surface area contributed by atoms with Gasteiger partial charge in [0, 0.05) is 16.5 Å². The Bertz CT molecular complexity index is 1930. The van der Waals surface area contributed by atoms with Crippen molar-refractivity contribution >= 4 is 32.6 Å². The van der Waals surface area contributed by atoms with Gasteiger partial charge < -0.3 is 4.57 Å². The fourth-order valence-electron chi connectivity index (χ4n) is 5.38. The molecule has 0 unspecified atom stereocenters. The van der Waals surface area contributed by atoms with Crippen molar-refractivity contribution in [3.63, 3.8) is 0 Å². The maximum atomic E-state index is 9.18. The lowest BCUT2D eigenvalue weighted by molar-refractivity contribution is 1.18. The van der Waals surface area contributed by atoms with Crippen molar-refractivity contribution in [2.24, 2.45) is 0 Å². The van der Waals surface area contributed by atoms with E-state index in [2.05, 4.69) is 126 Å². The van der Waals surface area contributed by atoms with Gasteiger partial charge >= 0.3 is 0 Å². The molecule has 0 saturated heterocycles. The molecular formula is C35H22N2. The van der Waals surface area contributed by atoms with E-state index in [0.717, 1.165) is 16.5 Å². The first-order valence-corrected chi connectivity index (χ1v) is 12.4. The SMILES string of the molecule is N#Cc1ccc2cc(-c3cccc(-c4ccc(-n5c6ccccc6c6ccccc65)cc4)c3)ccc2c1. The molecule has 0 radical (unpaired) electrons. The molecule has 172 valence electrons. The molecule has 2 heteroatoms. The molecule has 0 aliphatic carbocycles. The number of hydrogen-bond acceptors (Lipinski definition) is 1. The molecule has 1 aromatic heterocycles. The molecule has 0 fully saturated rings.